The van der Waals surface area contributed by atoms with Crippen molar-refractivity contribution in [3.63, 3.8) is 0 Å². The van der Waals surface area contributed by atoms with Gasteiger partial charge in [0.25, 0.3) is 0 Å². The number of carbonyl (C=O) groups is 1. The molecule has 1 aromatic rings. The highest BCUT2D eigenvalue weighted by molar-refractivity contribution is 5.86. The van der Waals surface area contributed by atoms with Crippen molar-refractivity contribution in [2.75, 3.05) is 53.5 Å². The van der Waals surface area contributed by atoms with E-state index in [0.717, 1.165) is 30.9 Å². The minimum atomic E-state index is -0.243. The SMILES string of the molecule is C=CCCCCCN(C)C(=NC)NCC(C(=O)N1CCOCC1)c1ccccc1. The maximum Gasteiger partial charge on any atom is 0.232 e. The Morgan fingerprint density at radius 1 is 1.28 bits per heavy atom. The first kappa shape index (κ1) is 22.9. The van der Waals surface area contributed by atoms with Crippen LogP contribution in [0.2, 0.25) is 0 Å². The summed E-state index contributed by atoms with van der Waals surface area (Å²) in [4.78, 5) is 21.7. The van der Waals surface area contributed by atoms with Gasteiger partial charge in [-0.1, -0.05) is 42.8 Å². The van der Waals surface area contributed by atoms with Gasteiger partial charge in [-0.15, -0.1) is 6.58 Å². The molecule has 1 atom stereocenters. The fraction of sp³-hybridized carbons (Fsp3) is 0.565. The van der Waals surface area contributed by atoms with E-state index in [2.05, 4.69) is 21.8 Å². The summed E-state index contributed by atoms with van der Waals surface area (Å²) in [6.45, 7) is 7.75. The molecule has 1 aromatic carbocycles. The molecule has 0 aromatic heterocycles. The number of benzene rings is 1. The molecule has 0 saturated carbocycles. The predicted molar refractivity (Wildman–Crippen MR) is 119 cm³/mol. The molecular formula is C23H36N4O2. The molecule has 29 heavy (non-hydrogen) atoms. The Hall–Kier alpha value is -2.34. The normalized spacial score (nSPS) is 15.7. The lowest BCUT2D eigenvalue weighted by Crippen LogP contribution is -2.47. The van der Waals surface area contributed by atoms with E-state index in [1.807, 2.05) is 48.4 Å². The fourth-order valence-electron chi connectivity index (χ4n) is 3.54. The number of nitrogens with one attached hydrogen (secondary N) is 1. The molecule has 0 aliphatic carbocycles. The third kappa shape index (κ3) is 7.54. The molecule has 6 heteroatoms. The predicted octanol–water partition coefficient (Wildman–Crippen LogP) is 2.88. The molecule has 1 N–H and O–H groups in total. The Kier molecular flexibility index (Phi) is 10.3. The minimum absolute atomic E-state index is 0.148. The molecule has 1 aliphatic rings. The fourth-order valence-corrected chi connectivity index (χ4v) is 3.54. The molecule has 1 saturated heterocycles. The first-order valence-corrected chi connectivity index (χ1v) is 10.6. The summed E-state index contributed by atoms with van der Waals surface area (Å²) in [7, 11) is 3.84. The summed E-state index contributed by atoms with van der Waals surface area (Å²) in [6, 6.07) is 10.00. The number of carbonyl (C=O) groups excluding carboxylic acids is 1. The van der Waals surface area contributed by atoms with Crippen LogP contribution >= 0.6 is 0 Å². The van der Waals surface area contributed by atoms with Crippen LogP contribution in [0, 0.1) is 0 Å². The number of morpholine rings is 1. The summed E-state index contributed by atoms with van der Waals surface area (Å²) in [6.07, 6.45) is 6.50. The lowest BCUT2D eigenvalue weighted by Gasteiger charge is -2.31. The zero-order chi connectivity index (χ0) is 20.9. The molecule has 1 heterocycles. The van der Waals surface area contributed by atoms with Gasteiger partial charge in [0.05, 0.1) is 19.1 Å². The Bertz CT molecular complexity index is 642. The minimum Gasteiger partial charge on any atom is -0.378 e. The van der Waals surface area contributed by atoms with E-state index < -0.39 is 0 Å². The molecule has 0 spiro atoms. The van der Waals surface area contributed by atoms with E-state index in [1.54, 1.807) is 7.05 Å². The van der Waals surface area contributed by atoms with Gasteiger partial charge in [-0.25, -0.2) is 0 Å². The summed E-state index contributed by atoms with van der Waals surface area (Å²) >= 11 is 0. The monoisotopic (exact) mass is 400 g/mol. The van der Waals surface area contributed by atoms with Gasteiger partial charge in [0.15, 0.2) is 5.96 Å². The second-order valence-electron chi connectivity index (χ2n) is 7.39. The molecule has 1 unspecified atom stereocenters. The van der Waals surface area contributed by atoms with Gasteiger partial charge >= 0.3 is 0 Å². The summed E-state index contributed by atoms with van der Waals surface area (Å²) in [5, 5.41) is 3.42. The number of allylic oxidation sites excluding steroid dienone is 1. The molecule has 6 nitrogen and oxygen atoms in total. The Balaban J connectivity index is 1.96. The largest absolute Gasteiger partial charge is 0.378 e. The van der Waals surface area contributed by atoms with E-state index >= 15 is 0 Å². The molecule has 160 valence electrons. The molecule has 1 aliphatic heterocycles. The van der Waals surface area contributed by atoms with Crippen LogP contribution in [0.25, 0.3) is 0 Å². The Morgan fingerprint density at radius 2 is 2.00 bits per heavy atom. The first-order chi connectivity index (χ1) is 14.2. The van der Waals surface area contributed by atoms with E-state index in [4.69, 9.17) is 4.74 Å². The molecule has 0 bridgehead atoms. The van der Waals surface area contributed by atoms with Crippen LogP contribution < -0.4 is 5.32 Å². The highest BCUT2D eigenvalue weighted by atomic mass is 16.5. The van der Waals surface area contributed by atoms with Crippen LogP contribution in [-0.2, 0) is 9.53 Å². The summed E-state index contributed by atoms with van der Waals surface area (Å²) < 4.78 is 5.40. The third-order valence-corrected chi connectivity index (χ3v) is 5.26. The van der Waals surface area contributed by atoms with Gasteiger partial charge < -0.3 is 19.9 Å². The van der Waals surface area contributed by atoms with Gasteiger partial charge in [0, 0.05) is 40.3 Å². The van der Waals surface area contributed by atoms with Gasteiger partial charge in [-0.2, -0.15) is 0 Å². The van der Waals surface area contributed by atoms with Gasteiger partial charge in [0.1, 0.15) is 0 Å². The first-order valence-electron chi connectivity index (χ1n) is 10.6. The van der Waals surface area contributed by atoms with Crippen molar-refractivity contribution in [3.8, 4) is 0 Å². The molecule has 1 fully saturated rings. The highest BCUT2D eigenvalue weighted by Crippen LogP contribution is 2.19. The molecular weight excluding hydrogens is 364 g/mol. The number of hydrogen-bond donors (Lipinski definition) is 1. The number of nitrogens with zero attached hydrogens (tertiary/aromatic N) is 3. The molecule has 2 rings (SSSR count). The number of ether oxygens (including phenoxy) is 1. The summed E-state index contributed by atoms with van der Waals surface area (Å²) in [5.41, 5.74) is 1.03. The third-order valence-electron chi connectivity index (χ3n) is 5.26. The maximum absolute atomic E-state index is 13.2. The van der Waals surface area contributed by atoms with E-state index in [-0.39, 0.29) is 11.8 Å². The zero-order valence-electron chi connectivity index (χ0n) is 18.0. The molecule has 1 amide bonds. The van der Waals surface area contributed by atoms with Gasteiger partial charge in [-0.3, -0.25) is 9.79 Å². The number of unbranched alkanes of at least 4 members (excludes halogenated alkanes) is 3. The van der Waals surface area contributed by atoms with Crippen LogP contribution in [-0.4, -0.2) is 75.2 Å². The van der Waals surface area contributed by atoms with Crippen molar-refractivity contribution in [2.24, 2.45) is 4.99 Å². The smallest absolute Gasteiger partial charge is 0.232 e. The Labute approximate surface area is 175 Å². The Morgan fingerprint density at radius 3 is 2.66 bits per heavy atom. The second kappa shape index (κ2) is 13.0. The summed E-state index contributed by atoms with van der Waals surface area (Å²) in [5.74, 6) is 0.728. The van der Waals surface area contributed by atoms with Crippen molar-refractivity contribution in [2.45, 2.75) is 31.6 Å². The quantitative estimate of drug-likeness (QED) is 0.284. The van der Waals surface area contributed by atoms with Crippen molar-refractivity contribution < 1.29 is 9.53 Å². The van der Waals surface area contributed by atoms with E-state index in [1.165, 1.54) is 12.8 Å². The lowest BCUT2D eigenvalue weighted by molar-refractivity contribution is -0.136. The van der Waals surface area contributed by atoms with Crippen LogP contribution in [0.5, 0.6) is 0 Å². The van der Waals surface area contributed by atoms with E-state index in [0.29, 0.717) is 32.8 Å². The zero-order valence-corrected chi connectivity index (χ0v) is 18.0. The number of guanidine groups is 1. The van der Waals surface area contributed by atoms with Gasteiger partial charge in [-0.05, 0) is 24.8 Å². The molecule has 0 radical (unpaired) electrons. The van der Waals surface area contributed by atoms with E-state index in [9.17, 15) is 4.79 Å². The van der Waals surface area contributed by atoms with Gasteiger partial charge in [0.2, 0.25) is 5.91 Å². The van der Waals surface area contributed by atoms with Crippen LogP contribution in [0.1, 0.15) is 37.2 Å². The van der Waals surface area contributed by atoms with Crippen molar-refractivity contribution in [1.82, 2.24) is 15.1 Å². The van der Waals surface area contributed by atoms with Crippen molar-refractivity contribution >= 4 is 11.9 Å². The standard InChI is InChI=1S/C23H36N4O2/c1-4-5-6-7-11-14-26(3)23(24-2)25-19-21(20-12-9-8-10-13-20)22(28)27-15-17-29-18-16-27/h4,8-10,12-13,21H,1,5-7,11,14-19H2,2-3H3,(H,24,25). The lowest BCUT2D eigenvalue weighted by atomic mass is 9.97. The number of aliphatic imine (C=N–C) groups is 1. The second-order valence-corrected chi connectivity index (χ2v) is 7.39. The van der Waals surface area contributed by atoms with Crippen LogP contribution in [0.4, 0.5) is 0 Å². The van der Waals surface area contributed by atoms with Crippen LogP contribution in [0.15, 0.2) is 48.0 Å². The maximum atomic E-state index is 13.2. The van der Waals surface area contributed by atoms with Crippen LogP contribution in [0.3, 0.4) is 0 Å². The number of amides is 1. The number of rotatable bonds is 10. The average molecular weight is 401 g/mol. The topological polar surface area (TPSA) is 57.2 Å². The average Bonchev–Trinajstić information content (AvgIpc) is 2.77. The van der Waals surface area contributed by atoms with Crippen molar-refractivity contribution in [1.29, 1.82) is 0 Å². The number of hydrogen-bond acceptors (Lipinski definition) is 3. The van der Waals surface area contributed by atoms with Crippen molar-refractivity contribution in [3.05, 3.63) is 48.6 Å². The highest BCUT2D eigenvalue weighted by Gasteiger charge is 2.27.